The molecule has 6 nitrogen and oxygen atoms in total. The van der Waals surface area contributed by atoms with E-state index in [1.165, 1.54) is 6.26 Å². The molecule has 0 spiro atoms. The highest BCUT2D eigenvalue weighted by molar-refractivity contribution is 5.92. The van der Waals surface area contributed by atoms with Gasteiger partial charge in [-0.25, -0.2) is 0 Å². The molecule has 1 aromatic carbocycles. The molecule has 0 bridgehead atoms. The smallest absolute Gasteiger partial charge is 0.289 e. The zero-order valence-corrected chi connectivity index (χ0v) is 14.9. The summed E-state index contributed by atoms with van der Waals surface area (Å²) in [5.41, 5.74) is 1.13. The first-order valence-corrected chi connectivity index (χ1v) is 8.93. The number of benzene rings is 1. The summed E-state index contributed by atoms with van der Waals surface area (Å²) in [7, 11) is 0. The van der Waals surface area contributed by atoms with Crippen molar-refractivity contribution < 1.29 is 18.7 Å². The molecule has 2 amide bonds. The maximum Gasteiger partial charge on any atom is 0.289 e. The largest absolute Gasteiger partial charge is 0.492 e. The highest BCUT2D eigenvalue weighted by Gasteiger charge is 2.29. The molecule has 1 saturated heterocycles. The number of amides is 2. The Hall–Kier alpha value is -2.76. The van der Waals surface area contributed by atoms with Gasteiger partial charge in [-0.3, -0.25) is 9.59 Å². The minimum atomic E-state index is -0.193. The van der Waals surface area contributed by atoms with Gasteiger partial charge in [0.25, 0.3) is 5.91 Å². The first kappa shape index (κ1) is 18.0. The quantitative estimate of drug-likeness (QED) is 0.808. The van der Waals surface area contributed by atoms with Crippen molar-refractivity contribution in [1.82, 2.24) is 10.2 Å². The fourth-order valence-corrected chi connectivity index (χ4v) is 3.12. The molecular formula is C20H24N2O4. The molecular weight excluding hydrogens is 332 g/mol. The Morgan fingerprint density at radius 1 is 1.31 bits per heavy atom. The van der Waals surface area contributed by atoms with Crippen molar-refractivity contribution in [3.05, 3.63) is 54.0 Å². The minimum absolute atomic E-state index is 0.0326. The maximum atomic E-state index is 12.4. The molecule has 6 heteroatoms. The Bertz CT molecular complexity index is 742. The number of carbonyl (C=O) groups is 2. The molecule has 0 saturated carbocycles. The van der Waals surface area contributed by atoms with E-state index in [1.54, 1.807) is 17.0 Å². The van der Waals surface area contributed by atoms with Crippen LogP contribution < -0.4 is 10.1 Å². The van der Waals surface area contributed by atoms with Crippen LogP contribution in [0.15, 0.2) is 47.1 Å². The van der Waals surface area contributed by atoms with E-state index in [0.29, 0.717) is 32.0 Å². The lowest BCUT2D eigenvalue weighted by molar-refractivity contribution is -0.126. The van der Waals surface area contributed by atoms with Crippen LogP contribution in [0.3, 0.4) is 0 Å². The number of aryl methyl sites for hydroxylation is 1. The Morgan fingerprint density at radius 3 is 2.96 bits per heavy atom. The van der Waals surface area contributed by atoms with Gasteiger partial charge in [-0.05, 0) is 49.6 Å². The number of hydrogen-bond donors (Lipinski definition) is 1. The number of ether oxygens (including phenoxy) is 1. The summed E-state index contributed by atoms with van der Waals surface area (Å²) < 4.78 is 10.8. The number of rotatable bonds is 6. The van der Waals surface area contributed by atoms with E-state index in [0.717, 1.165) is 24.2 Å². The third-order valence-electron chi connectivity index (χ3n) is 4.47. The number of nitrogens with one attached hydrogen (secondary N) is 1. The average Bonchev–Trinajstić information content (AvgIpc) is 3.19. The molecule has 1 fully saturated rings. The fraction of sp³-hybridized carbons (Fsp3) is 0.400. The van der Waals surface area contributed by atoms with Crippen LogP contribution in [0.5, 0.6) is 5.75 Å². The molecule has 1 atom stereocenters. The SMILES string of the molecule is Cc1cccc(OCCNC(=O)C2CCCN(C(=O)c3ccco3)C2)c1. The number of hydrogen-bond acceptors (Lipinski definition) is 4. The number of nitrogens with zero attached hydrogens (tertiary/aromatic N) is 1. The lowest BCUT2D eigenvalue weighted by Gasteiger charge is -2.31. The van der Waals surface area contributed by atoms with Crippen LogP contribution in [0.4, 0.5) is 0 Å². The van der Waals surface area contributed by atoms with Gasteiger partial charge < -0.3 is 19.4 Å². The monoisotopic (exact) mass is 356 g/mol. The number of carbonyl (C=O) groups excluding carboxylic acids is 2. The molecule has 26 heavy (non-hydrogen) atoms. The Labute approximate surface area is 153 Å². The second-order valence-electron chi connectivity index (χ2n) is 6.52. The molecule has 1 unspecified atom stereocenters. The summed E-state index contributed by atoms with van der Waals surface area (Å²) in [6.45, 7) is 3.93. The third-order valence-corrected chi connectivity index (χ3v) is 4.47. The zero-order chi connectivity index (χ0) is 18.4. The summed E-state index contributed by atoms with van der Waals surface area (Å²) in [4.78, 5) is 26.4. The lowest BCUT2D eigenvalue weighted by atomic mass is 9.97. The van der Waals surface area contributed by atoms with Crippen molar-refractivity contribution in [2.24, 2.45) is 5.92 Å². The molecule has 138 valence electrons. The predicted octanol–water partition coefficient (Wildman–Crippen LogP) is 2.64. The van der Waals surface area contributed by atoms with E-state index in [9.17, 15) is 9.59 Å². The molecule has 3 rings (SSSR count). The Morgan fingerprint density at radius 2 is 2.19 bits per heavy atom. The summed E-state index contributed by atoms with van der Waals surface area (Å²) in [6, 6.07) is 11.1. The highest BCUT2D eigenvalue weighted by atomic mass is 16.5. The minimum Gasteiger partial charge on any atom is -0.492 e. The Kier molecular flexibility index (Phi) is 5.94. The predicted molar refractivity (Wildman–Crippen MR) is 97.0 cm³/mol. The van der Waals surface area contributed by atoms with E-state index < -0.39 is 0 Å². The zero-order valence-electron chi connectivity index (χ0n) is 14.9. The summed E-state index contributed by atoms with van der Waals surface area (Å²) >= 11 is 0. The molecule has 1 aliphatic rings. The Balaban J connectivity index is 1.43. The van der Waals surface area contributed by atoms with Crippen molar-refractivity contribution >= 4 is 11.8 Å². The molecule has 0 radical (unpaired) electrons. The number of likely N-dealkylation sites (tertiary alicyclic amines) is 1. The third kappa shape index (κ3) is 4.65. The van der Waals surface area contributed by atoms with Gasteiger partial charge >= 0.3 is 0 Å². The van der Waals surface area contributed by atoms with E-state index >= 15 is 0 Å². The van der Waals surface area contributed by atoms with Crippen molar-refractivity contribution in [1.29, 1.82) is 0 Å². The molecule has 1 aromatic heterocycles. The summed E-state index contributed by atoms with van der Waals surface area (Å²) in [5, 5.41) is 2.91. The first-order valence-electron chi connectivity index (χ1n) is 8.93. The first-order chi connectivity index (χ1) is 12.6. The van der Waals surface area contributed by atoms with E-state index in [1.807, 2.05) is 31.2 Å². The van der Waals surface area contributed by atoms with Gasteiger partial charge in [0.2, 0.25) is 5.91 Å². The van der Waals surface area contributed by atoms with Gasteiger partial charge in [0.15, 0.2) is 5.76 Å². The van der Waals surface area contributed by atoms with Gasteiger partial charge in [-0.15, -0.1) is 0 Å². The van der Waals surface area contributed by atoms with Crippen LogP contribution in [0.2, 0.25) is 0 Å². The number of piperidine rings is 1. The highest BCUT2D eigenvalue weighted by Crippen LogP contribution is 2.19. The molecule has 0 aliphatic carbocycles. The van der Waals surface area contributed by atoms with Gasteiger partial charge in [-0.1, -0.05) is 12.1 Å². The van der Waals surface area contributed by atoms with Crippen molar-refractivity contribution in [3.8, 4) is 5.75 Å². The second-order valence-corrected chi connectivity index (χ2v) is 6.52. The van der Waals surface area contributed by atoms with Gasteiger partial charge in [-0.2, -0.15) is 0 Å². The average molecular weight is 356 g/mol. The van der Waals surface area contributed by atoms with Crippen LogP contribution in [0.25, 0.3) is 0 Å². The van der Waals surface area contributed by atoms with Crippen molar-refractivity contribution in [2.45, 2.75) is 19.8 Å². The van der Waals surface area contributed by atoms with E-state index in [2.05, 4.69) is 5.32 Å². The van der Waals surface area contributed by atoms with Crippen LogP contribution >= 0.6 is 0 Å². The lowest BCUT2D eigenvalue weighted by Crippen LogP contribution is -2.46. The van der Waals surface area contributed by atoms with E-state index in [4.69, 9.17) is 9.15 Å². The standard InChI is InChI=1S/C20H24N2O4/c1-15-5-2-7-17(13-15)25-12-9-21-19(23)16-6-3-10-22(14-16)20(24)18-8-4-11-26-18/h2,4-5,7-8,11,13,16H,3,6,9-10,12,14H2,1H3,(H,21,23). The van der Waals surface area contributed by atoms with Gasteiger partial charge in [0.1, 0.15) is 12.4 Å². The number of furan rings is 1. The van der Waals surface area contributed by atoms with E-state index in [-0.39, 0.29) is 17.7 Å². The van der Waals surface area contributed by atoms with Gasteiger partial charge in [0.05, 0.1) is 18.7 Å². The molecule has 1 aliphatic heterocycles. The molecule has 2 aromatic rings. The van der Waals surface area contributed by atoms with Crippen molar-refractivity contribution in [3.63, 3.8) is 0 Å². The molecule has 1 N–H and O–H groups in total. The molecule has 2 heterocycles. The fourth-order valence-electron chi connectivity index (χ4n) is 3.12. The topological polar surface area (TPSA) is 71.8 Å². The summed E-state index contributed by atoms with van der Waals surface area (Å²) in [5.74, 6) is 0.733. The second kappa shape index (κ2) is 8.56. The van der Waals surface area contributed by atoms with Crippen LogP contribution in [-0.4, -0.2) is 43.0 Å². The van der Waals surface area contributed by atoms with Crippen LogP contribution in [0, 0.1) is 12.8 Å². The summed E-state index contributed by atoms with van der Waals surface area (Å²) in [6.07, 6.45) is 3.08. The van der Waals surface area contributed by atoms with Crippen LogP contribution in [-0.2, 0) is 4.79 Å². The maximum absolute atomic E-state index is 12.4. The van der Waals surface area contributed by atoms with Crippen LogP contribution in [0.1, 0.15) is 29.0 Å². The normalized spacial score (nSPS) is 17.0. The van der Waals surface area contributed by atoms with Gasteiger partial charge in [0, 0.05) is 13.1 Å². The van der Waals surface area contributed by atoms with Crippen molar-refractivity contribution in [2.75, 3.05) is 26.2 Å².